The highest BCUT2D eigenvalue weighted by Gasteiger charge is 2.25. The van der Waals surface area contributed by atoms with Gasteiger partial charge >= 0.3 is 19.1 Å². The Labute approximate surface area is 242 Å². The number of nitrogens with zero attached hydrogens (tertiary/aromatic N) is 6. The summed E-state index contributed by atoms with van der Waals surface area (Å²) in [5, 5.41) is 15.3. The number of hydrogen-bond donors (Lipinski definition) is 2. The maximum Gasteiger partial charge on any atom is 0.387 e. The third kappa shape index (κ3) is 6.80. The number of alkyl halides is 2. The van der Waals surface area contributed by atoms with E-state index in [4.69, 9.17) is 16.3 Å². The van der Waals surface area contributed by atoms with Gasteiger partial charge in [0.25, 0.3) is 0 Å². The third-order valence-electron chi connectivity index (χ3n) is 6.58. The van der Waals surface area contributed by atoms with E-state index in [9.17, 15) is 23.2 Å². The molecule has 2 N–H and O–H groups in total. The summed E-state index contributed by atoms with van der Waals surface area (Å²) in [5.74, 6) is -1.02. The molecule has 0 bridgehead atoms. The minimum atomic E-state index is -3.08. The van der Waals surface area contributed by atoms with Gasteiger partial charge < -0.3 is 25.0 Å². The van der Waals surface area contributed by atoms with Crippen molar-refractivity contribution >= 4 is 47.0 Å². The van der Waals surface area contributed by atoms with Crippen molar-refractivity contribution in [2.45, 2.75) is 32.0 Å². The van der Waals surface area contributed by atoms with Gasteiger partial charge in [0.1, 0.15) is 23.7 Å². The lowest BCUT2D eigenvalue weighted by Crippen LogP contribution is -2.47. The predicted octanol–water partition coefficient (Wildman–Crippen LogP) is 2.87. The summed E-state index contributed by atoms with van der Waals surface area (Å²) in [6, 6.07) is 5.91. The molecule has 16 heteroatoms. The number of esters is 1. The van der Waals surface area contributed by atoms with Crippen molar-refractivity contribution in [1.82, 2.24) is 34.6 Å². The van der Waals surface area contributed by atoms with Crippen LogP contribution >= 0.6 is 11.6 Å². The molecule has 5 rings (SSSR count). The lowest BCUT2D eigenvalue weighted by Gasteiger charge is -2.32. The second-order valence-electron chi connectivity index (χ2n) is 9.30. The number of likely N-dealkylation sites (tertiary alicyclic amines) is 1. The first-order valence-corrected chi connectivity index (χ1v) is 13.2. The third-order valence-corrected chi connectivity index (χ3v) is 6.82. The van der Waals surface area contributed by atoms with Crippen molar-refractivity contribution in [3.8, 4) is 17.0 Å². The molecule has 0 unspecified atom stereocenters. The molecule has 1 amide bonds. The van der Waals surface area contributed by atoms with Gasteiger partial charge in [0.15, 0.2) is 5.65 Å². The average Bonchev–Trinajstić information content (AvgIpc) is 3.57. The molecule has 42 heavy (non-hydrogen) atoms. The van der Waals surface area contributed by atoms with E-state index < -0.39 is 12.6 Å². The van der Waals surface area contributed by atoms with Gasteiger partial charge in [-0.25, -0.2) is 9.50 Å². The zero-order valence-electron chi connectivity index (χ0n) is 22.0. The molecule has 0 radical (unpaired) electrons. The molecule has 220 valence electrons. The number of nitrogens with one attached hydrogen (secondary N) is 2. The first-order valence-electron chi connectivity index (χ1n) is 12.8. The Kier molecular flexibility index (Phi) is 8.88. The molecule has 1 aliphatic rings. The Morgan fingerprint density at radius 2 is 2.02 bits per heavy atom. The number of benzene rings is 1. The van der Waals surface area contributed by atoms with Gasteiger partial charge in [-0.1, -0.05) is 11.6 Å². The standard InChI is InChI=1S/C26H25ClF2N8O5/c27-16-2-3-21(42-26(28)29)18(10-16)24-20(33-19-11-32-37-7-1-6-30-25(19)37)13-36(34-24)14-22(39)35-8-4-17(5-9-35)31-12-23(40)41-15-38/h1-3,6-7,10-11,13,15,17,26,31,33H,4-5,8-9,12,14H2. The maximum atomic E-state index is 13.2. The number of ether oxygens (including phenoxy) is 2. The number of fused-ring (bicyclic) bond motifs is 1. The Morgan fingerprint density at radius 1 is 1.21 bits per heavy atom. The molecule has 0 aliphatic carbocycles. The number of amides is 1. The fourth-order valence-corrected chi connectivity index (χ4v) is 4.81. The van der Waals surface area contributed by atoms with Crippen LogP contribution in [0, 0.1) is 0 Å². The van der Waals surface area contributed by atoms with E-state index in [1.807, 2.05) is 0 Å². The van der Waals surface area contributed by atoms with Gasteiger partial charge in [-0.3, -0.25) is 19.1 Å². The first-order chi connectivity index (χ1) is 20.3. The van der Waals surface area contributed by atoms with Crippen LogP contribution in [0.2, 0.25) is 5.02 Å². The molecule has 4 aromatic rings. The number of carbonyl (C=O) groups is 3. The minimum absolute atomic E-state index is 0.0177. The molecule has 1 saturated heterocycles. The van der Waals surface area contributed by atoms with Crippen LogP contribution in [0.15, 0.2) is 49.1 Å². The van der Waals surface area contributed by atoms with Gasteiger partial charge in [0, 0.05) is 48.3 Å². The summed E-state index contributed by atoms with van der Waals surface area (Å²) in [6.45, 7) is -2.36. The summed E-state index contributed by atoms with van der Waals surface area (Å²) >= 11 is 6.21. The van der Waals surface area contributed by atoms with E-state index >= 15 is 0 Å². The number of piperidine rings is 1. The highest BCUT2D eigenvalue weighted by molar-refractivity contribution is 6.31. The minimum Gasteiger partial charge on any atom is -0.434 e. The number of aromatic nitrogens is 5. The van der Waals surface area contributed by atoms with Crippen molar-refractivity contribution in [2.24, 2.45) is 0 Å². The summed E-state index contributed by atoms with van der Waals surface area (Å²) in [5.41, 5.74) is 1.84. The summed E-state index contributed by atoms with van der Waals surface area (Å²) in [6.07, 6.45) is 7.65. The summed E-state index contributed by atoms with van der Waals surface area (Å²) in [4.78, 5) is 40.8. The monoisotopic (exact) mass is 602 g/mol. The average molecular weight is 603 g/mol. The van der Waals surface area contributed by atoms with Crippen molar-refractivity contribution in [1.29, 1.82) is 0 Å². The van der Waals surface area contributed by atoms with Gasteiger partial charge in [-0.15, -0.1) is 0 Å². The molecule has 13 nitrogen and oxygen atoms in total. The van der Waals surface area contributed by atoms with Crippen molar-refractivity contribution < 1.29 is 32.6 Å². The molecule has 0 spiro atoms. The van der Waals surface area contributed by atoms with Crippen LogP contribution in [0.5, 0.6) is 5.75 Å². The van der Waals surface area contributed by atoms with Crippen LogP contribution in [-0.4, -0.2) is 79.9 Å². The number of anilines is 2. The second kappa shape index (κ2) is 12.9. The molecular weight excluding hydrogens is 578 g/mol. The van der Waals surface area contributed by atoms with E-state index in [1.54, 1.807) is 40.3 Å². The zero-order valence-corrected chi connectivity index (χ0v) is 22.7. The SMILES string of the molecule is O=COC(=O)CNC1CCN(C(=O)Cn2cc(Nc3cnn4cccnc34)c(-c3cc(Cl)ccc3OC(F)F)n2)CC1. The zero-order chi connectivity index (χ0) is 29.6. The highest BCUT2D eigenvalue weighted by atomic mass is 35.5. The Balaban J connectivity index is 1.36. The number of halogens is 3. The van der Waals surface area contributed by atoms with E-state index in [-0.39, 0.29) is 53.5 Å². The fourth-order valence-electron chi connectivity index (χ4n) is 4.63. The van der Waals surface area contributed by atoms with Gasteiger partial charge in [-0.05, 0) is 37.1 Å². The normalized spacial score (nSPS) is 13.9. The van der Waals surface area contributed by atoms with Crippen molar-refractivity contribution in [3.63, 3.8) is 0 Å². The Bertz CT molecular complexity index is 1590. The lowest BCUT2D eigenvalue weighted by molar-refractivity contribution is -0.150. The molecule has 1 aliphatic heterocycles. The van der Waals surface area contributed by atoms with E-state index in [2.05, 4.69) is 30.6 Å². The topological polar surface area (TPSA) is 145 Å². The molecule has 0 saturated carbocycles. The van der Waals surface area contributed by atoms with Crippen molar-refractivity contribution in [3.05, 3.63) is 54.1 Å². The predicted molar refractivity (Wildman–Crippen MR) is 145 cm³/mol. The van der Waals surface area contributed by atoms with Gasteiger partial charge in [-0.2, -0.15) is 19.0 Å². The lowest BCUT2D eigenvalue weighted by atomic mass is 10.1. The van der Waals surface area contributed by atoms with E-state index in [0.29, 0.717) is 43.0 Å². The van der Waals surface area contributed by atoms with Crippen molar-refractivity contribution in [2.75, 3.05) is 25.0 Å². The smallest absolute Gasteiger partial charge is 0.387 e. The number of rotatable bonds is 11. The van der Waals surface area contributed by atoms with E-state index in [0.717, 1.165) is 0 Å². The first kappa shape index (κ1) is 28.9. The Hall–Kier alpha value is -4.63. The quantitative estimate of drug-likeness (QED) is 0.149. The largest absolute Gasteiger partial charge is 0.434 e. The molecule has 3 aromatic heterocycles. The van der Waals surface area contributed by atoms with E-state index in [1.165, 1.54) is 22.9 Å². The van der Waals surface area contributed by atoms with Crippen LogP contribution in [0.3, 0.4) is 0 Å². The number of carbonyl (C=O) groups excluding carboxylic acids is 3. The molecule has 0 atom stereocenters. The summed E-state index contributed by atoms with van der Waals surface area (Å²) < 4.78 is 38.4. The molecule has 1 aromatic carbocycles. The molecular formula is C26H25ClF2N8O5. The van der Waals surface area contributed by atoms with Gasteiger partial charge in [0.2, 0.25) is 5.91 Å². The van der Waals surface area contributed by atoms with Crippen LogP contribution in [-0.2, 0) is 25.7 Å². The van der Waals surface area contributed by atoms with Gasteiger partial charge in [0.05, 0.1) is 18.4 Å². The molecule has 1 fully saturated rings. The van der Waals surface area contributed by atoms with Crippen LogP contribution in [0.4, 0.5) is 20.2 Å². The maximum absolute atomic E-state index is 13.2. The fraction of sp³-hybridized carbons (Fsp3) is 0.308. The highest BCUT2D eigenvalue weighted by Crippen LogP contribution is 2.38. The number of hydrogen-bond acceptors (Lipinski definition) is 10. The molecule has 4 heterocycles. The second-order valence-corrected chi connectivity index (χ2v) is 9.74. The van der Waals surface area contributed by atoms with Crippen LogP contribution < -0.4 is 15.4 Å². The Morgan fingerprint density at radius 3 is 2.79 bits per heavy atom. The van der Waals surface area contributed by atoms with Crippen LogP contribution in [0.25, 0.3) is 16.9 Å². The summed E-state index contributed by atoms with van der Waals surface area (Å²) in [7, 11) is 0. The van der Waals surface area contributed by atoms with Crippen LogP contribution in [0.1, 0.15) is 12.8 Å².